The zero-order chi connectivity index (χ0) is 15.0. The van der Waals surface area contributed by atoms with Crippen LogP contribution in [0.2, 0.25) is 10.0 Å². The van der Waals surface area contributed by atoms with Crippen LogP contribution >= 0.6 is 23.2 Å². The summed E-state index contributed by atoms with van der Waals surface area (Å²) in [7, 11) is 0. The molecule has 0 aromatic heterocycles. The number of nitrogens with zero attached hydrogens (tertiary/aromatic N) is 1. The van der Waals surface area contributed by atoms with Crippen molar-refractivity contribution in [2.45, 2.75) is 19.4 Å². The van der Waals surface area contributed by atoms with E-state index in [9.17, 15) is 4.79 Å². The first-order valence-corrected chi connectivity index (χ1v) is 7.43. The van der Waals surface area contributed by atoms with Crippen LogP contribution in [-0.4, -0.2) is 5.91 Å². The Kier molecular flexibility index (Phi) is 3.79. The predicted molar refractivity (Wildman–Crippen MR) is 86.8 cm³/mol. The highest BCUT2D eigenvalue weighted by Gasteiger charge is 2.24. The van der Waals surface area contributed by atoms with Crippen molar-refractivity contribution in [3.05, 3.63) is 57.6 Å². The van der Waals surface area contributed by atoms with Gasteiger partial charge in [0.1, 0.15) is 0 Å². The summed E-state index contributed by atoms with van der Waals surface area (Å²) in [6.45, 7) is 0.436. The van der Waals surface area contributed by atoms with Crippen molar-refractivity contribution in [1.29, 1.82) is 0 Å². The van der Waals surface area contributed by atoms with Crippen molar-refractivity contribution < 1.29 is 4.79 Å². The molecule has 0 saturated carbocycles. The molecule has 5 heteroatoms. The monoisotopic (exact) mass is 320 g/mol. The molecule has 0 radical (unpaired) electrons. The minimum absolute atomic E-state index is 0.0956. The molecule has 3 rings (SSSR count). The van der Waals surface area contributed by atoms with Crippen molar-refractivity contribution in [3.63, 3.8) is 0 Å². The minimum atomic E-state index is 0.0956. The molecule has 0 saturated heterocycles. The summed E-state index contributed by atoms with van der Waals surface area (Å²) in [5.74, 6) is 0.0956. The zero-order valence-electron chi connectivity index (χ0n) is 11.3. The van der Waals surface area contributed by atoms with Crippen LogP contribution in [0.5, 0.6) is 0 Å². The van der Waals surface area contributed by atoms with Gasteiger partial charge in [-0.05, 0) is 47.9 Å². The quantitative estimate of drug-likeness (QED) is 0.848. The number of hydrogen-bond donors (Lipinski definition) is 1. The van der Waals surface area contributed by atoms with Crippen molar-refractivity contribution >= 4 is 40.5 Å². The second-order valence-corrected chi connectivity index (χ2v) is 5.95. The summed E-state index contributed by atoms with van der Waals surface area (Å²) < 4.78 is 0. The largest absolute Gasteiger partial charge is 0.399 e. The first-order valence-electron chi connectivity index (χ1n) is 6.67. The molecule has 0 spiro atoms. The summed E-state index contributed by atoms with van der Waals surface area (Å²) in [6.07, 6.45) is 1.21. The summed E-state index contributed by atoms with van der Waals surface area (Å²) in [5, 5.41) is 1.15. The van der Waals surface area contributed by atoms with Crippen LogP contribution in [0.3, 0.4) is 0 Å². The van der Waals surface area contributed by atoms with Gasteiger partial charge in [0.2, 0.25) is 5.91 Å². The number of carbonyl (C=O) groups is 1. The van der Waals surface area contributed by atoms with Gasteiger partial charge in [0.15, 0.2) is 0 Å². The first-order chi connectivity index (χ1) is 10.0. The van der Waals surface area contributed by atoms with Crippen molar-refractivity contribution in [1.82, 2.24) is 0 Å². The molecule has 1 heterocycles. The van der Waals surface area contributed by atoms with E-state index in [2.05, 4.69) is 0 Å². The molecular formula is C16H14Cl2N2O. The maximum Gasteiger partial charge on any atom is 0.227 e. The van der Waals surface area contributed by atoms with Gasteiger partial charge < -0.3 is 10.6 Å². The maximum atomic E-state index is 12.3. The van der Waals surface area contributed by atoms with Gasteiger partial charge in [-0.1, -0.05) is 29.3 Å². The number of halogens is 2. The number of hydrogen-bond acceptors (Lipinski definition) is 2. The molecule has 0 bridgehead atoms. The number of anilines is 2. The fourth-order valence-corrected chi connectivity index (χ4v) is 3.04. The van der Waals surface area contributed by atoms with Crippen LogP contribution in [0.25, 0.3) is 0 Å². The molecule has 3 nitrogen and oxygen atoms in total. The molecule has 1 aliphatic rings. The fourth-order valence-electron chi connectivity index (χ4n) is 2.57. The predicted octanol–water partition coefficient (Wildman–Crippen LogP) is 4.06. The Morgan fingerprint density at radius 1 is 1.10 bits per heavy atom. The third-order valence-electron chi connectivity index (χ3n) is 3.65. The van der Waals surface area contributed by atoms with Gasteiger partial charge in [-0.2, -0.15) is 0 Å². The molecule has 1 aliphatic heterocycles. The number of nitrogen functional groups attached to an aromatic ring is 1. The van der Waals surface area contributed by atoms with Crippen molar-refractivity contribution in [2.24, 2.45) is 0 Å². The Hall–Kier alpha value is -1.71. The van der Waals surface area contributed by atoms with Crippen LogP contribution < -0.4 is 10.6 Å². The van der Waals surface area contributed by atoms with Gasteiger partial charge in [-0.3, -0.25) is 4.79 Å². The molecule has 21 heavy (non-hydrogen) atoms. The van der Waals surface area contributed by atoms with Gasteiger partial charge in [0.05, 0.1) is 6.54 Å². The molecule has 0 atom stereocenters. The number of nitrogens with two attached hydrogens (primary N) is 1. The van der Waals surface area contributed by atoms with Crippen LogP contribution in [0.15, 0.2) is 36.4 Å². The third kappa shape index (κ3) is 2.85. The highest BCUT2D eigenvalue weighted by Crippen LogP contribution is 2.32. The Bertz CT molecular complexity index is 715. The molecule has 0 fully saturated rings. The molecule has 108 valence electrons. The topological polar surface area (TPSA) is 46.3 Å². The Morgan fingerprint density at radius 2 is 1.90 bits per heavy atom. The molecule has 2 aromatic carbocycles. The van der Waals surface area contributed by atoms with E-state index in [4.69, 9.17) is 28.9 Å². The lowest BCUT2D eigenvalue weighted by Crippen LogP contribution is -2.34. The van der Waals surface area contributed by atoms with Crippen LogP contribution in [0, 0.1) is 0 Å². The molecule has 2 aromatic rings. The zero-order valence-corrected chi connectivity index (χ0v) is 12.8. The van der Waals surface area contributed by atoms with E-state index in [1.54, 1.807) is 17.0 Å². The van der Waals surface area contributed by atoms with E-state index in [0.717, 1.165) is 23.2 Å². The van der Waals surface area contributed by atoms with E-state index in [1.807, 2.05) is 24.3 Å². The number of benzene rings is 2. The van der Waals surface area contributed by atoms with E-state index in [-0.39, 0.29) is 5.91 Å². The Labute approximate surface area is 133 Å². The summed E-state index contributed by atoms with van der Waals surface area (Å²) in [6, 6.07) is 11.0. The number of rotatable bonds is 2. The van der Waals surface area contributed by atoms with Crippen molar-refractivity contribution in [3.8, 4) is 0 Å². The second kappa shape index (κ2) is 5.58. The fraction of sp³-hybridized carbons (Fsp3) is 0.188. The average molecular weight is 321 g/mol. The number of carbonyl (C=O) groups excluding carboxylic acids is 1. The summed E-state index contributed by atoms with van der Waals surface area (Å²) in [4.78, 5) is 14.0. The van der Waals surface area contributed by atoms with Gasteiger partial charge in [0, 0.05) is 27.8 Å². The first kappa shape index (κ1) is 14.2. The Morgan fingerprint density at radius 3 is 2.67 bits per heavy atom. The summed E-state index contributed by atoms with van der Waals surface area (Å²) in [5.41, 5.74) is 9.41. The van der Waals surface area contributed by atoms with E-state index in [1.165, 1.54) is 0 Å². The smallest absolute Gasteiger partial charge is 0.227 e. The highest BCUT2D eigenvalue weighted by molar-refractivity contribution is 6.35. The van der Waals surface area contributed by atoms with E-state index < -0.39 is 0 Å². The van der Waals surface area contributed by atoms with E-state index >= 15 is 0 Å². The van der Waals surface area contributed by atoms with Crippen LogP contribution in [-0.2, 0) is 17.8 Å². The minimum Gasteiger partial charge on any atom is -0.399 e. The number of aryl methyl sites for hydroxylation is 1. The lowest BCUT2D eigenvalue weighted by molar-refractivity contribution is -0.119. The Balaban J connectivity index is 1.96. The molecular weight excluding hydrogens is 307 g/mol. The maximum absolute atomic E-state index is 12.3. The summed E-state index contributed by atoms with van der Waals surface area (Å²) >= 11 is 12.1. The third-order valence-corrected chi connectivity index (χ3v) is 4.23. The van der Waals surface area contributed by atoms with Crippen molar-refractivity contribution in [2.75, 3.05) is 10.6 Å². The van der Waals surface area contributed by atoms with E-state index in [0.29, 0.717) is 28.7 Å². The van der Waals surface area contributed by atoms with Gasteiger partial charge in [0.25, 0.3) is 0 Å². The highest BCUT2D eigenvalue weighted by atomic mass is 35.5. The normalized spacial score (nSPS) is 14.2. The lowest BCUT2D eigenvalue weighted by atomic mass is 10.00. The SMILES string of the molecule is Nc1ccc2c(c1)CCC(=O)N2Cc1ccc(Cl)cc1Cl. The molecule has 0 unspecified atom stereocenters. The van der Waals surface area contributed by atoms with Gasteiger partial charge >= 0.3 is 0 Å². The van der Waals surface area contributed by atoms with Gasteiger partial charge in [-0.25, -0.2) is 0 Å². The molecule has 2 N–H and O–H groups in total. The van der Waals surface area contributed by atoms with Crippen LogP contribution in [0.1, 0.15) is 17.5 Å². The second-order valence-electron chi connectivity index (χ2n) is 5.10. The number of amides is 1. The molecule has 0 aliphatic carbocycles. The standard InChI is InChI=1S/C16H14Cl2N2O/c17-12-3-1-11(14(18)8-12)9-20-15-5-4-13(19)7-10(15)2-6-16(20)21/h1,3-5,7-8H,2,6,9,19H2. The van der Waals surface area contributed by atoms with Crippen LogP contribution in [0.4, 0.5) is 11.4 Å². The van der Waals surface area contributed by atoms with Gasteiger partial charge in [-0.15, -0.1) is 0 Å². The number of fused-ring (bicyclic) bond motifs is 1. The average Bonchev–Trinajstić information content (AvgIpc) is 2.44. The lowest BCUT2D eigenvalue weighted by Gasteiger charge is -2.30. The molecule has 1 amide bonds.